The summed E-state index contributed by atoms with van der Waals surface area (Å²) in [6, 6.07) is 5.28. The molecule has 0 aliphatic heterocycles. The molecule has 28 heavy (non-hydrogen) atoms. The van der Waals surface area contributed by atoms with E-state index in [1.807, 2.05) is 16.8 Å². The molecule has 2 aromatic heterocycles. The lowest BCUT2D eigenvalue weighted by Crippen LogP contribution is -1.99. The number of aromatic nitrogens is 2. The van der Waals surface area contributed by atoms with Gasteiger partial charge in [-0.25, -0.2) is 0 Å². The Morgan fingerprint density at radius 1 is 1.21 bits per heavy atom. The number of thiophene rings is 1. The Morgan fingerprint density at radius 3 is 2.46 bits per heavy atom. The van der Waals surface area contributed by atoms with Crippen LogP contribution < -0.4 is 14.2 Å². The molecule has 2 heterocycles. The highest BCUT2D eigenvalue weighted by Crippen LogP contribution is 2.39. The number of carbonyl (C=O) groups is 1. The van der Waals surface area contributed by atoms with Gasteiger partial charge in [0, 0.05) is 16.5 Å². The van der Waals surface area contributed by atoms with Crippen molar-refractivity contribution in [1.29, 1.82) is 0 Å². The predicted octanol–water partition coefficient (Wildman–Crippen LogP) is 3.84. The first-order valence-electron chi connectivity index (χ1n) is 8.14. The molecule has 8 nitrogen and oxygen atoms in total. The average molecular weight is 402 g/mol. The second-order valence-electron chi connectivity index (χ2n) is 5.63. The van der Waals surface area contributed by atoms with Gasteiger partial charge >= 0.3 is 5.97 Å². The van der Waals surface area contributed by atoms with Crippen molar-refractivity contribution >= 4 is 29.0 Å². The van der Waals surface area contributed by atoms with Crippen LogP contribution in [0.1, 0.15) is 17.9 Å². The van der Waals surface area contributed by atoms with Gasteiger partial charge < -0.3 is 23.8 Å². The molecule has 0 unspecified atom stereocenters. The second-order valence-corrected chi connectivity index (χ2v) is 6.41. The van der Waals surface area contributed by atoms with Gasteiger partial charge in [0.1, 0.15) is 0 Å². The third-order valence-electron chi connectivity index (χ3n) is 3.85. The van der Waals surface area contributed by atoms with Crippen LogP contribution in [0.15, 0.2) is 33.5 Å². The molecule has 0 spiro atoms. The molecule has 0 fully saturated rings. The molecule has 0 saturated carbocycles. The van der Waals surface area contributed by atoms with E-state index in [2.05, 4.69) is 10.1 Å². The molecule has 1 aromatic carbocycles. The highest BCUT2D eigenvalue weighted by Gasteiger charge is 2.18. The maximum atomic E-state index is 11.4. The Labute approximate surface area is 165 Å². The molecule has 3 rings (SSSR count). The largest absolute Gasteiger partial charge is 0.493 e. The molecular weight excluding hydrogens is 384 g/mol. The monoisotopic (exact) mass is 402 g/mol. The minimum atomic E-state index is -1.02. The Balaban J connectivity index is 2.05. The molecule has 0 atom stereocenters. The Bertz CT molecular complexity index is 969. The van der Waals surface area contributed by atoms with Crippen LogP contribution in [-0.2, 0) is 4.79 Å². The van der Waals surface area contributed by atoms with Crippen molar-refractivity contribution in [2.24, 2.45) is 0 Å². The van der Waals surface area contributed by atoms with Crippen LogP contribution in [0.25, 0.3) is 23.0 Å². The number of methoxy groups -OCH3 is 3. The second kappa shape index (κ2) is 8.57. The van der Waals surface area contributed by atoms with Gasteiger partial charge in [0.15, 0.2) is 11.5 Å². The Kier molecular flexibility index (Phi) is 5.95. The highest BCUT2D eigenvalue weighted by atomic mass is 32.1. The summed E-state index contributed by atoms with van der Waals surface area (Å²) in [5.74, 6) is 0.864. The van der Waals surface area contributed by atoms with Crippen molar-refractivity contribution in [1.82, 2.24) is 10.1 Å². The summed E-state index contributed by atoms with van der Waals surface area (Å²) in [6.07, 6.45) is 1.35. The van der Waals surface area contributed by atoms with Crippen molar-refractivity contribution in [3.63, 3.8) is 0 Å². The minimum absolute atomic E-state index is 0.136. The van der Waals surface area contributed by atoms with E-state index in [1.54, 1.807) is 18.2 Å². The molecule has 0 aliphatic carbocycles. The van der Waals surface area contributed by atoms with Crippen LogP contribution in [0.4, 0.5) is 0 Å². The molecular formula is C19H18N2O6S. The number of aliphatic carboxylic acids is 1. The number of ether oxygens (including phenoxy) is 3. The van der Waals surface area contributed by atoms with E-state index in [0.29, 0.717) is 34.2 Å². The number of carboxylic acid groups (broad SMARTS) is 1. The predicted molar refractivity (Wildman–Crippen MR) is 104 cm³/mol. The fraction of sp³-hybridized carbons (Fsp3) is 0.211. The standard InChI is InChI=1S/C19H18N2O6S/c1-24-14-7-11(8-15(25-2)17(14)26-3)6-13(9-16(22)23)19-20-18(21-27-19)12-4-5-28-10-12/h4-8,10H,9H2,1-3H3,(H,22,23)/b13-6+. The number of benzene rings is 1. The zero-order chi connectivity index (χ0) is 20.1. The van der Waals surface area contributed by atoms with E-state index in [9.17, 15) is 9.90 Å². The van der Waals surface area contributed by atoms with Crippen LogP contribution >= 0.6 is 11.3 Å². The van der Waals surface area contributed by atoms with Gasteiger partial charge in [-0.2, -0.15) is 16.3 Å². The van der Waals surface area contributed by atoms with Crippen molar-refractivity contribution in [2.75, 3.05) is 21.3 Å². The highest BCUT2D eigenvalue weighted by molar-refractivity contribution is 7.08. The third-order valence-corrected chi connectivity index (χ3v) is 4.53. The number of carboxylic acids is 1. The lowest BCUT2D eigenvalue weighted by atomic mass is 10.1. The first kappa shape index (κ1) is 19.4. The molecule has 0 radical (unpaired) electrons. The quantitative estimate of drug-likeness (QED) is 0.606. The summed E-state index contributed by atoms with van der Waals surface area (Å²) in [7, 11) is 4.53. The summed E-state index contributed by atoms with van der Waals surface area (Å²) < 4.78 is 21.3. The zero-order valence-corrected chi connectivity index (χ0v) is 16.3. The molecule has 9 heteroatoms. The Morgan fingerprint density at radius 2 is 1.93 bits per heavy atom. The van der Waals surface area contributed by atoms with E-state index >= 15 is 0 Å². The van der Waals surface area contributed by atoms with Crippen LogP contribution in [0.5, 0.6) is 17.2 Å². The van der Waals surface area contributed by atoms with Gasteiger partial charge in [0.05, 0.1) is 27.8 Å². The van der Waals surface area contributed by atoms with Crippen molar-refractivity contribution in [3.05, 3.63) is 40.4 Å². The molecule has 1 N–H and O–H groups in total. The van der Waals surface area contributed by atoms with E-state index in [0.717, 1.165) is 5.56 Å². The molecule has 0 bridgehead atoms. The number of hydrogen-bond acceptors (Lipinski definition) is 8. The first-order valence-corrected chi connectivity index (χ1v) is 9.09. The SMILES string of the molecule is COc1cc(/C=C(\CC(=O)O)c2nc(-c3ccsc3)no2)cc(OC)c1OC. The van der Waals surface area contributed by atoms with Gasteiger partial charge in [-0.15, -0.1) is 0 Å². The van der Waals surface area contributed by atoms with Gasteiger partial charge in [-0.1, -0.05) is 5.16 Å². The van der Waals surface area contributed by atoms with Crippen molar-refractivity contribution in [3.8, 4) is 28.6 Å². The van der Waals surface area contributed by atoms with E-state index in [1.165, 1.54) is 32.7 Å². The fourth-order valence-corrected chi connectivity index (χ4v) is 3.23. The maximum Gasteiger partial charge on any atom is 0.308 e. The average Bonchev–Trinajstić information content (AvgIpc) is 3.37. The Hall–Kier alpha value is -3.33. The lowest BCUT2D eigenvalue weighted by molar-refractivity contribution is -0.135. The molecule has 3 aromatic rings. The zero-order valence-electron chi connectivity index (χ0n) is 15.5. The summed E-state index contributed by atoms with van der Waals surface area (Å²) in [5.41, 5.74) is 1.80. The molecule has 0 amide bonds. The molecule has 0 aliphatic rings. The lowest BCUT2D eigenvalue weighted by Gasteiger charge is -2.13. The normalized spacial score (nSPS) is 11.3. The van der Waals surface area contributed by atoms with Gasteiger partial charge in [-0.3, -0.25) is 4.79 Å². The van der Waals surface area contributed by atoms with Crippen LogP contribution in [0, 0.1) is 0 Å². The number of hydrogen-bond donors (Lipinski definition) is 1. The van der Waals surface area contributed by atoms with Crippen molar-refractivity contribution < 1.29 is 28.6 Å². The summed E-state index contributed by atoms with van der Waals surface area (Å²) in [4.78, 5) is 15.7. The van der Waals surface area contributed by atoms with Gasteiger partial charge in [0.2, 0.25) is 11.6 Å². The third kappa shape index (κ3) is 4.15. The number of rotatable bonds is 8. The van der Waals surface area contributed by atoms with Crippen LogP contribution in [0.2, 0.25) is 0 Å². The van der Waals surface area contributed by atoms with Gasteiger partial charge in [-0.05, 0) is 35.2 Å². The van der Waals surface area contributed by atoms with E-state index < -0.39 is 5.97 Å². The fourth-order valence-electron chi connectivity index (χ4n) is 2.60. The van der Waals surface area contributed by atoms with Crippen LogP contribution in [-0.4, -0.2) is 42.5 Å². The summed E-state index contributed by atoms with van der Waals surface area (Å²) in [5, 5.41) is 17.0. The van der Waals surface area contributed by atoms with Crippen molar-refractivity contribution in [2.45, 2.75) is 6.42 Å². The summed E-state index contributed by atoms with van der Waals surface area (Å²) >= 11 is 1.51. The maximum absolute atomic E-state index is 11.4. The summed E-state index contributed by atoms with van der Waals surface area (Å²) in [6.45, 7) is 0. The minimum Gasteiger partial charge on any atom is -0.493 e. The van der Waals surface area contributed by atoms with E-state index in [4.69, 9.17) is 18.7 Å². The van der Waals surface area contributed by atoms with E-state index in [-0.39, 0.29) is 12.3 Å². The first-order chi connectivity index (χ1) is 13.5. The van der Waals surface area contributed by atoms with Crippen LogP contribution in [0.3, 0.4) is 0 Å². The smallest absolute Gasteiger partial charge is 0.308 e. The number of nitrogens with zero attached hydrogens (tertiary/aromatic N) is 2. The molecule has 0 saturated heterocycles. The molecule has 146 valence electrons. The topological polar surface area (TPSA) is 104 Å². The van der Waals surface area contributed by atoms with Gasteiger partial charge in [0.25, 0.3) is 5.89 Å².